The first-order chi connectivity index (χ1) is 14.5. The van der Waals surface area contributed by atoms with Crippen LogP contribution in [0, 0.1) is 11.8 Å². The molecule has 1 saturated carbocycles. The van der Waals surface area contributed by atoms with Gasteiger partial charge in [0.05, 0.1) is 11.8 Å². The van der Waals surface area contributed by atoms with Crippen molar-refractivity contribution in [1.29, 1.82) is 0 Å². The monoisotopic (exact) mass is 470 g/mol. The smallest absolute Gasteiger partial charge is 0.338 e. The fourth-order valence-corrected chi connectivity index (χ4v) is 7.03. The van der Waals surface area contributed by atoms with Crippen molar-refractivity contribution in [3.8, 4) is 0 Å². The van der Waals surface area contributed by atoms with Crippen molar-refractivity contribution in [3.05, 3.63) is 16.5 Å². The number of carboxylic acid groups (broad SMARTS) is 1. The van der Waals surface area contributed by atoms with E-state index >= 15 is 0 Å². The van der Waals surface area contributed by atoms with Crippen molar-refractivity contribution in [2.24, 2.45) is 11.8 Å². The number of hydrogen-bond donors (Lipinski definition) is 1. The maximum atomic E-state index is 13.4. The van der Waals surface area contributed by atoms with E-state index in [4.69, 9.17) is 0 Å². The number of carboxylic acids is 1. The number of anilines is 1. The zero-order chi connectivity index (χ0) is 22.9. The third kappa shape index (κ3) is 5.49. The van der Waals surface area contributed by atoms with Crippen LogP contribution in [0.4, 0.5) is 5.00 Å². The molecule has 2 heterocycles. The van der Waals surface area contributed by atoms with Crippen LogP contribution in [0.2, 0.25) is 0 Å². The van der Waals surface area contributed by atoms with Crippen molar-refractivity contribution in [2.75, 3.05) is 24.2 Å². The molecule has 1 saturated heterocycles. The normalized spacial score (nSPS) is 23.8. The first-order valence-electron chi connectivity index (χ1n) is 11.1. The largest absolute Gasteiger partial charge is 0.478 e. The minimum atomic E-state index is -3.21. The lowest BCUT2D eigenvalue weighted by molar-refractivity contribution is -0.123. The Morgan fingerprint density at radius 2 is 1.71 bits per heavy atom. The van der Waals surface area contributed by atoms with E-state index in [1.54, 1.807) is 11.0 Å². The SMILES string of the molecule is CC1CCC(C(=O)N(c2sc(C3CCN(S(C)(=O)=O)CC3)cc2C(=O)O)C(C)C)CC1. The van der Waals surface area contributed by atoms with Crippen LogP contribution in [-0.4, -0.2) is 55.1 Å². The van der Waals surface area contributed by atoms with Crippen LogP contribution in [0.25, 0.3) is 0 Å². The van der Waals surface area contributed by atoms with Crippen LogP contribution in [0.1, 0.15) is 80.4 Å². The standard InChI is InChI=1S/C22H34N2O5S2/c1-14(2)24(20(25)17-7-5-15(3)6-8-17)21-18(22(26)27)13-19(30-21)16-9-11-23(12-10-16)31(4,28)29/h13-17H,5-12H2,1-4H3,(H,26,27). The van der Waals surface area contributed by atoms with Gasteiger partial charge in [0.1, 0.15) is 5.00 Å². The number of carbonyl (C=O) groups excluding carboxylic acids is 1. The van der Waals surface area contributed by atoms with Crippen molar-refractivity contribution in [2.45, 2.75) is 71.3 Å². The second kappa shape index (κ2) is 9.58. The van der Waals surface area contributed by atoms with Gasteiger partial charge in [-0.3, -0.25) is 4.79 Å². The number of piperidine rings is 1. The van der Waals surface area contributed by atoms with Crippen LogP contribution in [0.15, 0.2) is 6.07 Å². The second-order valence-electron chi connectivity index (χ2n) is 9.37. The van der Waals surface area contributed by atoms with E-state index in [0.717, 1.165) is 30.6 Å². The topological polar surface area (TPSA) is 95.0 Å². The summed E-state index contributed by atoms with van der Waals surface area (Å²) in [5.41, 5.74) is 0.178. The van der Waals surface area contributed by atoms with Gasteiger partial charge in [0.15, 0.2) is 0 Å². The number of thiophene rings is 1. The van der Waals surface area contributed by atoms with Gasteiger partial charge in [-0.25, -0.2) is 17.5 Å². The van der Waals surface area contributed by atoms with Crippen LogP contribution in [0.5, 0.6) is 0 Å². The molecule has 1 N–H and O–H groups in total. The summed E-state index contributed by atoms with van der Waals surface area (Å²) in [6, 6.07) is 1.57. The summed E-state index contributed by atoms with van der Waals surface area (Å²) in [6.45, 7) is 6.94. The lowest BCUT2D eigenvalue weighted by atomic mass is 9.82. The molecule has 2 fully saturated rings. The molecule has 3 rings (SSSR count). The average Bonchev–Trinajstić information content (AvgIpc) is 3.13. The zero-order valence-electron chi connectivity index (χ0n) is 18.8. The van der Waals surface area contributed by atoms with E-state index in [2.05, 4.69) is 6.92 Å². The Kier molecular flexibility index (Phi) is 7.48. The van der Waals surface area contributed by atoms with Crippen molar-refractivity contribution in [3.63, 3.8) is 0 Å². The molecule has 0 atom stereocenters. The van der Waals surface area contributed by atoms with Gasteiger partial charge in [0.25, 0.3) is 0 Å². The van der Waals surface area contributed by atoms with Gasteiger partial charge in [-0.2, -0.15) is 0 Å². The quantitative estimate of drug-likeness (QED) is 0.674. The molecule has 31 heavy (non-hydrogen) atoms. The molecule has 1 amide bonds. The van der Waals surface area contributed by atoms with Gasteiger partial charge in [-0.1, -0.05) is 6.92 Å². The Hall–Kier alpha value is -1.45. The lowest BCUT2D eigenvalue weighted by Gasteiger charge is -2.33. The molecule has 2 aliphatic rings. The van der Waals surface area contributed by atoms with Crippen molar-refractivity contribution in [1.82, 2.24) is 4.31 Å². The van der Waals surface area contributed by atoms with E-state index in [0.29, 0.717) is 36.9 Å². The van der Waals surface area contributed by atoms with Crippen LogP contribution in [0.3, 0.4) is 0 Å². The Morgan fingerprint density at radius 3 is 2.19 bits per heavy atom. The van der Waals surface area contributed by atoms with E-state index in [9.17, 15) is 23.1 Å². The lowest BCUT2D eigenvalue weighted by Crippen LogP contribution is -2.42. The number of aromatic carboxylic acids is 1. The number of hydrogen-bond acceptors (Lipinski definition) is 5. The molecule has 0 radical (unpaired) electrons. The fourth-order valence-electron chi connectivity index (χ4n) is 4.70. The summed E-state index contributed by atoms with van der Waals surface area (Å²) in [4.78, 5) is 28.1. The summed E-state index contributed by atoms with van der Waals surface area (Å²) >= 11 is 1.39. The Balaban J connectivity index is 1.86. The van der Waals surface area contributed by atoms with Gasteiger partial charge in [-0.05, 0) is 70.3 Å². The van der Waals surface area contributed by atoms with E-state index < -0.39 is 16.0 Å². The van der Waals surface area contributed by atoms with Gasteiger partial charge < -0.3 is 10.0 Å². The Bertz CT molecular complexity index is 908. The summed E-state index contributed by atoms with van der Waals surface area (Å²) in [5.74, 6) is -0.304. The van der Waals surface area contributed by atoms with Crippen LogP contribution >= 0.6 is 11.3 Å². The number of carbonyl (C=O) groups is 2. The first kappa shape index (κ1) is 24.2. The molecule has 0 bridgehead atoms. The van der Waals surface area contributed by atoms with Gasteiger partial charge in [0.2, 0.25) is 15.9 Å². The first-order valence-corrected chi connectivity index (χ1v) is 13.8. The van der Waals surface area contributed by atoms with Gasteiger partial charge in [0, 0.05) is 29.9 Å². The van der Waals surface area contributed by atoms with Gasteiger partial charge >= 0.3 is 5.97 Å². The predicted molar refractivity (Wildman–Crippen MR) is 123 cm³/mol. The summed E-state index contributed by atoms with van der Waals surface area (Å²) in [7, 11) is -3.21. The van der Waals surface area contributed by atoms with Gasteiger partial charge in [-0.15, -0.1) is 11.3 Å². The highest BCUT2D eigenvalue weighted by Gasteiger charge is 2.35. The molecule has 0 unspecified atom stereocenters. The fraction of sp³-hybridized carbons (Fsp3) is 0.727. The van der Waals surface area contributed by atoms with Crippen molar-refractivity contribution >= 4 is 38.2 Å². The molecular weight excluding hydrogens is 436 g/mol. The molecule has 9 heteroatoms. The molecule has 0 spiro atoms. The number of amides is 1. The third-order valence-electron chi connectivity index (χ3n) is 6.62. The summed E-state index contributed by atoms with van der Waals surface area (Å²) in [5, 5.41) is 10.4. The molecule has 1 aromatic rings. The van der Waals surface area contributed by atoms with E-state index in [1.807, 2.05) is 13.8 Å². The molecule has 1 aliphatic heterocycles. The van der Waals surface area contributed by atoms with Crippen LogP contribution in [-0.2, 0) is 14.8 Å². The Morgan fingerprint density at radius 1 is 1.13 bits per heavy atom. The van der Waals surface area contributed by atoms with E-state index in [-0.39, 0.29) is 29.3 Å². The molecular formula is C22H34N2O5S2. The zero-order valence-corrected chi connectivity index (χ0v) is 20.5. The maximum Gasteiger partial charge on any atom is 0.338 e. The number of nitrogens with zero attached hydrogens (tertiary/aromatic N) is 2. The molecule has 7 nitrogen and oxygen atoms in total. The minimum absolute atomic E-state index is 0.0321. The maximum absolute atomic E-state index is 13.4. The molecule has 0 aromatic carbocycles. The van der Waals surface area contributed by atoms with Crippen LogP contribution < -0.4 is 4.90 Å². The highest BCUT2D eigenvalue weighted by molar-refractivity contribution is 7.88. The average molecular weight is 471 g/mol. The minimum Gasteiger partial charge on any atom is -0.478 e. The second-order valence-corrected chi connectivity index (χ2v) is 12.4. The van der Waals surface area contributed by atoms with Crippen molar-refractivity contribution < 1.29 is 23.1 Å². The molecule has 1 aromatic heterocycles. The predicted octanol–water partition coefficient (Wildman–Crippen LogP) is 4.15. The highest BCUT2D eigenvalue weighted by atomic mass is 32.2. The van der Waals surface area contributed by atoms with E-state index in [1.165, 1.54) is 21.9 Å². The highest BCUT2D eigenvalue weighted by Crippen LogP contribution is 2.42. The number of sulfonamides is 1. The number of rotatable bonds is 6. The summed E-state index contributed by atoms with van der Waals surface area (Å²) < 4.78 is 25.1. The molecule has 174 valence electrons. The molecule has 1 aliphatic carbocycles. The summed E-state index contributed by atoms with van der Waals surface area (Å²) in [6.07, 6.45) is 6.30. The Labute approximate surface area is 189 Å². The third-order valence-corrected chi connectivity index (χ3v) is 9.23.